The summed E-state index contributed by atoms with van der Waals surface area (Å²) in [6.07, 6.45) is -11.0. The lowest BCUT2D eigenvalue weighted by Crippen LogP contribution is -2.42. The van der Waals surface area contributed by atoms with Gasteiger partial charge in [0.25, 0.3) is 5.60 Å². The standard InChI is InChI=1S/C22H16Cl2F6N2O3/c1-11-4-12(2-3-16(11)18(33)8-19(34)31-10-21(25,26)27)17-9-20(35-32-17,22(28,29)30)13-5-14(23)7-15(24)6-13/h2-7H,8-10H2,1H3,(H,31,34). The molecule has 0 saturated heterocycles. The molecular weight excluding hydrogens is 525 g/mol. The largest absolute Gasteiger partial charge is 0.435 e. The van der Waals surface area contributed by atoms with Gasteiger partial charge < -0.3 is 10.2 Å². The van der Waals surface area contributed by atoms with Crippen LogP contribution in [0.25, 0.3) is 0 Å². The first kappa shape index (κ1) is 26.8. The van der Waals surface area contributed by atoms with Gasteiger partial charge in [-0.05, 0) is 42.3 Å². The van der Waals surface area contributed by atoms with Gasteiger partial charge >= 0.3 is 12.4 Å². The molecule has 0 bridgehead atoms. The number of rotatable bonds is 6. The zero-order valence-electron chi connectivity index (χ0n) is 17.8. The normalized spacial score (nSPS) is 18.1. The van der Waals surface area contributed by atoms with E-state index in [1.165, 1.54) is 31.2 Å². The van der Waals surface area contributed by atoms with E-state index in [4.69, 9.17) is 28.0 Å². The van der Waals surface area contributed by atoms with Crippen molar-refractivity contribution in [3.05, 3.63) is 68.7 Å². The highest BCUT2D eigenvalue weighted by atomic mass is 35.5. The number of hydrogen-bond donors (Lipinski definition) is 1. The highest BCUT2D eigenvalue weighted by Gasteiger charge is 2.62. The summed E-state index contributed by atoms with van der Waals surface area (Å²) in [7, 11) is 0. The summed E-state index contributed by atoms with van der Waals surface area (Å²) < 4.78 is 79.0. The number of aryl methyl sites for hydroxylation is 1. The fourth-order valence-corrected chi connectivity index (χ4v) is 4.03. The maximum Gasteiger partial charge on any atom is 0.435 e. The highest BCUT2D eigenvalue weighted by Crippen LogP contribution is 2.49. The van der Waals surface area contributed by atoms with Crippen LogP contribution < -0.4 is 5.32 Å². The molecule has 1 aliphatic rings. The molecule has 0 fully saturated rings. The van der Waals surface area contributed by atoms with Gasteiger partial charge in [-0.25, -0.2) is 0 Å². The van der Waals surface area contributed by atoms with Crippen molar-refractivity contribution in [2.24, 2.45) is 5.16 Å². The maximum absolute atomic E-state index is 14.1. The first-order valence-corrected chi connectivity index (χ1v) is 10.6. The predicted octanol–water partition coefficient (Wildman–Crippen LogP) is 6.14. The minimum atomic E-state index is -4.89. The average Bonchev–Trinajstić information content (AvgIpc) is 3.18. The molecule has 3 rings (SSSR count). The summed E-state index contributed by atoms with van der Waals surface area (Å²) in [5, 5.41) is 5.18. The zero-order chi connectivity index (χ0) is 26.2. The first-order chi connectivity index (χ1) is 16.1. The number of amides is 1. The van der Waals surface area contributed by atoms with Gasteiger partial charge in [0, 0.05) is 27.6 Å². The molecule has 1 N–H and O–H groups in total. The summed E-state index contributed by atoms with van der Waals surface area (Å²) >= 11 is 11.8. The lowest BCUT2D eigenvalue weighted by molar-refractivity contribution is -0.275. The third kappa shape index (κ3) is 6.07. The van der Waals surface area contributed by atoms with E-state index in [1.807, 2.05) is 0 Å². The van der Waals surface area contributed by atoms with Crippen molar-refractivity contribution in [1.82, 2.24) is 5.32 Å². The van der Waals surface area contributed by atoms with Gasteiger partial charge in [0.1, 0.15) is 6.54 Å². The third-order valence-electron chi connectivity index (χ3n) is 5.18. The Labute approximate surface area is 205 Å². The van der Waals surface area contributed by atoms with Crippen LogP contribution in [0.15, 0.2) is 41.6 Å². The van der Waals surface area contributed by atoms with Crippen molar-refractivity contribution in [2.45, 2.75) is 37.7 Å². The van der Waals surface area contributed by atoms with Crippen LogP contribution in [0, 0.1) is 6.92 Å². The van der Waals surface area contributed by atoms with Gasteiger partial charge in [0.05, 0.1) is 12.1 Å². The number of benzene rings is 2. The van der Waals surface area contributed by atoms with Crippen LogP contribution in [0.5, 0.6) is 0 Å². The monoisotopic (exact) mass is 540 g/mol. The van der Waals surface area contributed by atoms with Gasteiger partial charge in [-0.15, -0.1) is 0 Å². The molecule has 1 atom stereocenters. The van der Waals surface area contributed by atoms with Crippen molar-refractivity contribution >= 4 is 40.6 Å². The Bertz CT molecular complexity index is 1180. The molecule has 0 saturated carbocycles. The summed E-state index contributed by atoms with van der Waals surface area (Å²) in [5.74, 6) is -1.86. The van der Waals surface area contributed by atoms with E-state index in [9.17, 15) is 35.9 Å². The molecule has 0 radical (unpaired) electrons. The van der Waals surface area contributed by atoms with E-state index in [2.05, 4.69) is 5.16 Å². The summed E-state index contributed by atoms with van der Waals surface area (Å²) in [6, 6.07) is 7.38. The van der Waals surface area contributed by atoms with Gasteiger partial charge in [0.2, 0.25) is 5.91 Å². The number of Topliss-reactive ketones (excluding diaryl/α,β-unsaturated/α-hetero) is 1. The fourth-order valence-electron chi connectivity index (χ4n) is 3.50. The van der Waals surface area contributed by atoms with E-state index in [-0.39, 0.29) is 38.0 Å². The van der Waals surface area contributed by atoms with Crippen molar-refractivity contribution in [3.63, 3.8) is 0 Å². The van der Waals surface area contributed by atoms with Crippen LogP contribution in [-0.2, 0) is 15.2 Å². The molecule has 1 heterocycles. The molecule has 0 aromatic heterocycles. The molecule has 2 aromatic carbocycles. The average molecular weight is 541 g/mol. The number of carbonyl (C=O) groups is 2. The van der Waals surface area contributed by atoms with Gasteiger partial charge in [0.15, 0.2) is 5.78 Å². The number of alkyl halides is 6. The minimum Gasteiger partial charge on any atom is -0.374 e. The number of hydrogen-bond acceptors (Lipinski definition) is 4. The van der Waals surface area contributed by atoms with Crippen LogP contribution in [0.4, 0.5) is 26.3 Å². The first-order valence-electron chi connectivity index (χ1n) is 9.87. The molecule has 1 amide bonds. The Balaban J connectivity index is 1.81. The fraction of sp³-hybridized carbons (Fsp3) is 0.318. The molecule has 188 valence electrons. The molecule has 35 heavy (non-hydrogen) atoms. The summed E-state index contributed by atoms with van der Waals surface area (Å²) in [4.78, 5) is 28.9. The molecule has 1 unspecified atom stereocenters. The van der Waals surface area contributed by atoms with E-state index < -0.39 is 49.0 Å². The Hall–Kier alpha value is -2.79. The Morgan fingerprint density at radius 3 is 2.23 bits per heavy atom. The second-order valence-corrected chi connectivity index (χ2v) is 8.68. The van der Waals surface area contributed by atoms with E-state index >= 15 is 0 Å². The SMILES string of the molecule is Cc1cc(C2=NOC(c3cc(Cl)cc(Cl)c3)(C(F)(F)F)C2)ccc1C(=O)CC(=O)NCC(F)(F)F. The molecular formula is C22H16Cl2F6N2O3. The van der Waals surface area contributed by atoms with Crippen molar-refractivity contribution in [2.75, 3.05) is 6.54 Å². The van der Waals surface area contributed by atoms with E-state index in [1.54, 1.807) is 5.32 Å². The Morgan fingerprint density at radius 2 is 1.69 bits per heavy atom. The third-order valence-corrected chi connectivity index (χ3v) is 5.62. The van der Waals surface area contributed by atoms with Crippen molar-refractivity contribution < 1.29 is 40.8 Å². The second-order valence-electron chi connectivity index (χ2n) is 7.81. The molecule has 2 aromatic rings. The molecule has 0 spiro atoms. The number of carbonyl (C=O) groups excluding carboxylic acids is 2. The topological polar surface area (TPSA) is 67.8 Å². The minimum absolute atomic E-state index is 0.0221. The lowest BCUT2D eigenvalue weighted by atomic mass is 9.86. The van der Waals surface area contributed by atoms with Crippen LogP contribution >= 0.6 is 23.2 Å². The molecule has 0 aliphatic carbocycles. The number of halogens is 8. The Kier molecular flexibility index (Phi) is 7.42. The number of nitrogens with one attached hydrogen (secondary N) is 1. The number of nitrogens with zero attached hydrogens (tertiary/aromatic N) is 1. The van der Waals surface area contributed by atoms with Crippen molar-refractivity contribution in [3.8, 4) is 0 Å². The van der Waals surface area contributed by atoms with Crippen LogP contribution in [0.1, 0.15) is 39.9 Å². The highest BCUT2D eigenvalue weighted by molar-refractivity contribution is 6.34. The van der Waals surface area contributed by atoms with Crippen LogP contribution in [0.2, 0.25) is 10.0 Å². The Morgan fingerprint density at radius 1 is 1.06 bits per heavy atom. The summed E-state index contributed by atoms with van der Waals surface area (Å²) in [5.41, 5.74) is -2.71. The zero-order valence-corrected chi connectivity index (χ0v) is 19.3. The van der Waals surface area contributed by atoms with Crippen molar-refractivity contribution in [1.29, 1.82) is 0 Å². The van der Waals surface area contributed by atoms with Crippen LogP contribution in [0.3, 0.4) is 0 Å². The van der Waals surface area contributed by atoms with Gasteiger partial charge in [-0.2, -0.15) is 26.3 Å². The summed E-state index contributed by atoms with van der Waals surface area (Å²) in [6.45, 7) is -0.107. The number of oxime groups is 1. The van der Waals surface area contributed by atoms with E-state index in [0.29, 0.717) is 0 Å². The molecule has 5 nitrogen and oxygen atoms in total. The van der Waals surface area contributed by atoms with Gasteiger partial charge in [-0.1, -0.05) is 40.5 Å². The maximum atomic E-state index is 14.1. The van der Waals surface area contributed by atoms with E-state index in [0.717, 1.165) is 12.1 Å². The molecule has 13 heteroatoms. The molecule has 1 aliphatic heterocycles. The second kappa shape index (κ2) is 9.69. The quantitative estimate of drug-likeness (QED) is 0.272. The lowest BCUT2D eigenvalue weighted by Gasteiger charge is -2.29. The number of ketones is 1. The van der Waals surface area contributed by atoms with Gasteiger partial charge in [-0.3, -0.25) is 9.59 Å². The van der Waals surface area contributed by atoms with Crippen LogP contribution in [-0.4, -0.2) is 36.3 Å². The predicted molar refractivity (Wildman–Crippen MR) is 116 cm³/mol. The smallest absolute Gasteiger partial charge is 0.374 e.